The van der Waals surface area contributed by atoms with E-state index in [-0.39, 0.29) is 11.9 Å². The van der Waals surface area contributed by atoms with Gasteiger partial charge in [-0.15, -0.1) is 0 Å². The van der Waals surface area contributed by atoms with E-state index < -0.39 is 5.97 Å². The zero-order chi connectivity index (χ0) is 16.4. The minimum Gasteiger partial charge on any atom is -0.493 e. The summed E-state index contributed by atoms with van der Waals surface area (Å²) in [5.74, 6) is -0.435. The molecule has 1 aromatic heterocycles. The first-order valence-corrected chi connectivity index (χ1v) is 7.71. The minimum atomic E-state index is -1.18. The van der Waals surface area contributed by atoms with Crippen molar-refractivity contribution < 1.29 is 23.9 Å². The molecule has 1 aliphatic carbocycles. The number of halogens is 1. The summed E-state index contributed by atoms with van der Waals surface area (Å²) >= 11 is 6.13. The molecular formula is C16H16ClNO5. The largest absolute Gasteiger partial charge is 0.493 e. The Morgan fingerprint density at radius 2 is 2.09 bits per heavy atom. The molecule has 0 aliphatic heterocycles. The van der Waals surface area contributed by atoms with E-state index in [9.17, 15) is 4.79 Å². The standard InChI is InChI=1S/C16H16ClNO5/c1-21-13-7-9(17)6-11(12-8-14(16(19)20)23-18-12)15(13)22-10-4-2-3-5-10/h6-8,10H,2-5H2,1H3,(H,19,20). The summed E-state index contributed by atoms with van der Waals surface area (Å²) in [6, 6.07) is 4.67. The summed E-state index contributed by atoms with van der Waals surface area (Å²) in [6.07, 6.45) is 4.32. The second-order valence-electron chi connectivity index (χ2n) is 5.39. The first-order chi connectivity index (χ1) is 11.1. The van der Waals surface area contributed by atoms with E-state index in [1.807, 2.05) is 0 Å². The van der Waals surface area contributed by atoms with Crippen LogP contribution in [0.3, 0.4) is 0 Å². The zero-order valence-corrected chi connectivity index (χ0v) is 13.3. The second kappa shape index (κ2) is 6.50. The highest BCUT2D eigenvalue weighted by atomic mass is 35.5. The third-order valence-corrected chi connectivity index (χ3v) is 4.04. The molecule has 0 amide bonds. The molecule has 122 valence electrons. The Labute approximate surface area is 137 Å². The van der Waals surface area contributed by atoms with Gasteiger partial charge in [0, 0.05) is 17.2 Å². The van der Waals surface area contributed by atoms with Gasteiger partial charge in [0.25, 0.3) is 0 Å². The number of hydrogen-bond acceptors (Lipinski definition) is 5. The molecule has 1 heterocycles. The van der Waals surface area contributed by atoms with Gasteiger partial charge in [0.05, 0.1) is 18.8 Å². The molecule has 0 unspecified atom stereocenters. The zero-order valence-electron chi connectivity index (χ0n) is 12.5. The van der Waals surface area contributed by atoms with Crippen molar-refractivity contribution in [2.75, 3.05) is 7.11 Å². The van der Waals surface area contributed by atoms with Crippen molar-refractivity contribution >= 4 is 17.6 Å². The van der Waals surface area contributed by atoms with Crippen LogP contribution in [0.25, 0.3) is 11.3 Å². The molecule has 1 aliphatic rings. The molecule has 1 fully saturated rings. The smallest absolute Gasteiger partial charge is 0.374 e. The molecule has 0 atom stereocenters. The van der Waals surface area contributed by atoms with Crippen LogP contribution >= 0.6 is 11.6 Å². The molecule has 0 bridgehead atoms. The van der Waals surface area contributed by atoms with Crippen molar-refractivity contribution in [1.82, 2.24) is 5.16 Å². The van der Waals surface area contributed by atoms with Crippen LogP contribution < -0.4 is 9.47 Å². The predicted molar refractivity (Wildman–Crippen MR) is 83.3 cm³/mol. The van der Waals surface area contributed by atoms with Crippen molar-refractivity contribution in [3.63, 3.8) is 0 Å². The number of aromatic carboxylic acids is 1. The molecule has 0 radical (unpaired) electrons. The van der Waals surface area contributed by atoms with E-state index in [2.05, 4.69) is 5.16 Å². The van der Waals surface area contributed by atoms with Crippen LogP contribution in [0.5, 0.6) is 11.5 Å². The maximum Gasteiger partial charge on any atom is 0.374 e. The van der Waals surface area contributed by atoms with Crippen molar-refractivity contribution in [1.29, 1.82) is 0 Å². The van der Waals surface area contributed by atoms with Gasteiger partial charge in [-0.05, 0) is 31.7 Å². The fourth-order valence-corrected chi connectivity index (χ4v) is 2.92. The number of nitrogens with zero attached hydrogens (tertiary/aromatic N) is 1. The molecule has 3 rings (SSSR count). The fourth-order valence-electron chi connectivity index (χ4n) is 2.71. The topological polar surface area (TPSA) is 81.8 Å². The van der Waals surface area contributed by atoms with Gasteiger partial charge in [-0.3, -0.25) is 0 Å². The molecule has 2 aromatic rings. The van der Waals surface area contributed by atoms with E-state index in [0.717, 1.165) is 25.7 Å². The molecule has 1 saturated carbocycles. The number of carboxylic acid groups (broad SMARTS) is 1. The normalized spacial score (nSPS) is 14.9. The van der Waals surface area contributed by atoms with Gasteiger partial charge < -0.3 is 19.1 Å². The summed E-state index contributed by atoms with van der Waals surface area (Å²) < 4.78 is 16.3. The van der Waals surface area contributed by atoms with Gasteiger partial charge in [-0.2, -0.15) is 0 Å². The Morgan fingerprint density at radius 1 is 1.35 bits per heavy atom. The number of methoxy groups -OCH3 is 1. The molecular weight excluding hydrogens is 322 g/mol. The van der Waals surface area contributed by atoms with Crippen molar-refractivity contribution in [3.8, 4) is 22.8 Å². The second-order valence-corrected chi connectivity index (χ2v) is 5.83. The highest BCUT2D eigenvalue weighted by Gasteiger charge is 2.24. The highest BCUT2D eigenvalue weighted by Crippen LogP contribution is 2.42. The Hall–Kier alpha value is -2.21. The van der Waals surface area contributed by atoms with Gasteiger partial charge in [-0.1, -0.05) is 16.8 Å². The van der Waals surface area contributed by atoms with Crippen LogP contribution in [0.1, 0.15) is 36.2 Å². The maximum absolute atomic E-state index is 11.0. The van der Waals surface area contributed by atoms with E-state index in [1.54, 1.807) is 12.1 Å². The molecule has 6 nitrogen and oxygen atoms in total. The fraction of sp³-hybridized carbons (Fsp3) is 0.375. The lowest BCUT2D eigenvalue weighted by molar-refractivity contribution is 0.0652. The minimum absolute atomic E-state index is 0.106. The number of ether oxygens (including phenoxy) is 2. The Kier molecular flexibility index (Phi) is 4.43. The van der Waals surface area contributed by atoms with Crippen LogP contribution in [0.4, 0.5) is 0 Å². The highest BCUT2D eigenvalue weighted by molar-refractivity contribution is 6.31. The summed E-state index contributed by atoms with van der Waals surface area (Å²) in [6.45, 7) is 0. The lowest BCUT2D eigenvalue weighted by atomic mass is 10.1. The van der Waals surface area contributed by atoms with Crippen molar-refractivity contribution in [3.05, 3.63) is 29.0 Å². The molecule has 1 aromatic carbocycles. The lowest BCUT2D eigenvalue weighted by Gasteiger charge is -2.18. The van der Waals surface area contributed by atoms with E-state index in [4.69, 9.17) is 30.7 Å². The number of rotatable bonds is 5. The van der Waals surface area contributed by atoms with Gasteiger partial charge in [-0.25, -0.2) is 4.79 Å². The van der Waals surface area contributed by atoms with E-state index in [1.165, 1.54) is 13.2 Å². The molecule has 0 spiro atoms. The first kappa shape index (κ1) is 15.7. The van der Waals surface area contributed by atoms with Gasteiger partial charge in [0.15, 0.2) is 11.5 Å². The van der Waals surface area contributed by atoms with E-state index >= 15 is 0 Å². The van der Waals surface area contributed by atoms with Gasteiger partial charge in [0.2, 0.25) is 5.76 Å². The number of carbonyl (C=O) groups is 1. The molecule has 0 saturated heterocycles. The SMILES string of the molecule is COc1cc(Cl)cc(-c2cc(C(=O)O)on2)c1OC1CCCC1. The monoisotopic (exact) mass is 337 g/mol. The first-order valence-electron chi connectivity index (χ1n) is 7.33. The average Bonchev–Trinajstić information content (AvgIpc) is 3.19. The summed E-state index contributed by atoms with van der Waals surface area (Å²) in [4.78, 5) is 11.0. The number of aromatic nitrogens is 1. The van der Waals surface area contributed by atoms with Gasteiger partial charge in [0.1, 0.15) is 5.69 Å². The number of benzene rings is 1. The van der Waals surface area contributed by atoms with E-state index in [0.29, 0.717) is 27.8 Å². The quantitative estimate of drug-likeness (QED) is 0.887. The molecule has 7 heteroatoms. The molecule has 1 N–H and O–H groups in total. The lowest BCUT2D eigenvalue weighted by Crippen LogP contribution is -2.12. The Morgan fingerprint density at radius 3 is 2.70 bits per heavy atom. The third kappa shape index (κ3) is 3.27. The van der Waals surface area contributed by atoms with Crippen LogP contribution in [0.2, 0.25) is 5.02 Å². The van der Waals surface area contributed by atoms with Gasteiger partial charge >= 0.3 is 5.97 Å². The molecule has 23 heavy (non-hydrogen) atoms. The summed E-state index contributed by atoms with van der Waals surface area (Å²) in [5.41, 5.74) is 0.897. The predicted octanol–water partition coefficient (Wildman–Crippen LogP) is 4.02. The Bertz CT molecular complexity index is 721. The van der Waals surface area contributed by atoms with Crippen molar-refractivity contribution in [2.45, 2.75) is 31.8 Å². The third-order valence-electron chi connectivity index (χ3n) is 3.82. The number of carboxylic acids is 1. The van der Waals surface area contributed by atoms with Crippen LogP contribution in [0.15, 0.2) is 22.7 Å². The summed E-state index contributed by atoms with van der Waals surface area (Å²) in [7, 11) is 1.53. The van der Waals surface area contributed by atoms with Crippen molar-refractivity contribution in [2.24, 2.45) is 0 Å². The van der Waals surface area contributed by atoms with Crippen LogP contribution in [-0.2, 0) is 0 Å². The maximum atomic E-state index is 11.0. The van der Waals surface area contributed by atoms with Crippen LogP contribution in [0, 0.1) is 0 Å². The summed E-state index contributed by atoms with van der Waals surface area (Å²) in [5, 5.41) is 13.2. The average molecular weight is 338 g/mol. The number of hydrogen-bond donors (Lipinski definition) is 1. The Balaban J connectivity index is 2.05. The van der Waals surface area contributed by atoms with Crippen LogP contribution in [-0.4, -0.2) is 29.4 Å².